The smallest absolute Gasteiger partial charge is 0.425 e. The first-order valence-electron chi connectivity index (χ1n) is 6.70. The Bertz CT molecular complexity index is 526. The molecule has 1 rings (SSSR count). The molecule has 0 N–H and O–H groups in total. The maximum Gasteiger partial charge on any atom is 0.425 e. The molecule has 0 amide bonds. The number of ether oxygens (including phenoxy) is 2. The SMILES string of the molecule is CC(=O)Oc1ccccc1CCCC(OC(C)=O)C(F)(F)F. The van der Waals surface area contributed by atoms with Gasteiger partial charge in [0.05, 0.1) is 0 Å². The van der Waals surface area contributed by atoms with Gasteiger partial charge in [-0.15, -0.1) is 0 Å². The highest BCUT2D eigenvalue weighted by Crippen LogP contribution is 2.28. The fourth-order valence-corrected chi connectivity index (χ4v) is 1.93. The minimum atomic E-state index is -4.60. The molecule has 0 saturated carbocycles. The zero-order valence-electron chi connectivity index (χ0n) is 12.3. The second-order valence-corrected chi connectivity index (χ2v) is 4.73. The predicted molar refractivity (Wildman–Crippen MR) is 72.3 cm³/mol. The van der Waals surface area contributed by atoms with Gasteiger partial charge in [0.1, 0.15) is 5.75 Å². The van der Waals surface area contributed by atoms with Crippen LogP contribution in [0.1, 0.15) is 32.3 Å². The van der Waals surface area contributed by atoms with E-state index in [9.17, 15) is 22.8 Å². The second kappa shape index (κ2) is 7.82. The van der Waals surface area contributed by atoms with E-state index in [-0.39, 0.29) is 19.3 Å². The molecule has 122 valence electrons. The Hall–Kier alpha value is -2.05. The first-order chi connectivity index (χ1) is 10.2. The van der Waals surface area contributed by atoms with E-state index < -0.39 is 24.2 Å². The van der Waals surface area contributed by atoms with E-state index in [1.165, 1.54) is 6.92 Å². The minimum Gasteiger partial charge on any atom is -0.453 e. The summed E-state index contributed by atoms with van der Waals surface area (Å²) in [5.41, 5.74) is 0.626. The molecule has 1 aromatic rings. The number of esters is 2. The van der Waals surface area contributed by atoms with E-state index in [2.05, 4.69) is 4.74 Å². The summed E-state index contributed by atoms with van der Waals surface area (Å²) in [5, 5.41) is 0. The standard InChI is InChI=1S/C15H17F3O4/c1-10(19)21-13-8-4-3-6-12(13)7-5-9-14(15(16,17)18)22-11(2)20/h3-4,6,8,14H,5,7,9H2,1-2H3. The van der Waals surface area contributed by atoms with Crippen LogP contribution in [0.3, 0.4) is 0 Å². The largest absolute Gasteiger partial charge is 0.453 e. The van der Waals surface area contributed by atoms with Gasteiger partial charge in [-0.25, -0.2) is 0 Å². The van der Waals surface area contributed by atoms with Crippen molar-refractivity contribution < 1.29 is 32.2 Å². The van der Waals surface area contributed by atoms with Gasteiger partial charge in [0.15, 0.2) is 6.10 Å². The summed E-state index contributed by atoms with van der Waals surface area (Å²) in [6.07, 6.45) is -6.66. The summed E-state index contributed by atoms with van der Waals surface area (Å²) in [4.78, 5) is 21.7. The molecule has 0 fully saturated rings. The van der Waals surface area contributed by atoms with Gasteiger partial charge in [-0.3, -0.25) is 9.59 Å². The topological polar surface area (TPSA) is 52.6 Å². The van der Waals surface area contributed by atoms with Crippen LogP contribution in [0.5, 0.6) is 5.75 Å². The number of carbonyl (C=O) groups is 2. The number of hydrogen-bond donors (Lipinski definition) is 0. The van der Waals surface area contributed by atoms with Crippen LogP contribution in [0.2, 0.25) is 0 Å². The number of halogens is 3. The van der Waals surface area contributed by atoms with Crippen molar-refractivity contribution in [2.45, 2.75) is 45.4 Å². The summed E-state index contributed by atoms with van der Waals surface area (Å²) >= 11 is 0. The fourth-order valence-electron chi connectivity index (χ4n) is 1.93. The Balaban J connectivity index is 2.65. The third-order valence-electron chi connectivity index (χ3n) is 2.81. The molecule has 1 aromatic carbocycles. The van der Waals surface area contributed by atoms with Crippen molar-refractivity contribution in [3.8, 4) is 5.75 Å². The zero-order valence-corrected chi connectivity index (χ0v) is 12.3. The summed E-state index contributed by atoms with van der Waals surface area (Å²) in [5.74, 6) is -1.14. The quantitative estimate of drug-likeness (QED) is 0.596. The monoisotopic (exact) mass is 318 g/mol. The zero-order chi connectivity index (χ0) is 16.8. The van der Waals surface area contributed by atoms with E-state index in [0.717, 1.165) is 6.92 Å². The molecular weight excluding hydrogens is 301 g/mol. The Morgan fingerprint density at radius 2 is 1.77 bits per heavy atom. The van der Waals surface area contributed by atoms with Crippen LogP contribution in [0.4, 0.5) is 13.2 Å². The molecule has 0 radical (unpaired) electrons. The maximum atomic E-state index is 12.7. The number of carbonyl (C=O) groups excluding carboxylic acids is 2. The van der Waals surface area contributed by atoms with Gasteiger partial charge >= 0.3 is 18.1 Å². The molecule has 0 spiro atoms. The molecule has 22 heavy (non-hydrogen) atoms. The molecule has 0 aliphatic rings. The molecular formula is C15H17F3O4. The number of hydrogen-bond acceptors (Lipinski definition) is 4. The first-order valence-corrected chi connectivity index (χ1v) is 6.70. The summed E-state index contributed by atoms with van der Waals surface area (Å²) < 4.78 is 47.4. The lowest BCUT2D eigenvalue weighted by atomic mass is 10.0. The van der Waals surface area contributed by atoms with Crippen molar-refractivity contribution in [3.05, 3.63) is 29.8 Å². The summed E-state index contributed by atoms with van der Waals surface area (Å²) in [6, 6.07) is 6.62. The van der Waals surface area contributed by atoms with Gasteiger partial charge < -0.3 is 9.47 Å². The Morgan fingerprint density at radius 1 is 1.14 bits per heavy atom. The Labute approximate surface area is 126 Å². The van der Waals surface area contributed by atoms with Crippen LogP contribution >= 0.6 is 0 Å². The molecule has 4 nitrogen and oxygen atoms in total. The maximum absolute atomic E-state index is 12.7. The highest BCUT2D eigenvalue weighted by atomic mass is 19.4. The van der Waals surface area contributed by atoms with Gasteiger partial charge in [-0.05, 0) is 30.9 Å². The van der Waals surface area contributed by atoms with Crippen LogP contribution in [0.15, 0.2) is 24.3 Å². The highest BCUT2D eigenvalue weighted by Gasteiger charge is 2.41. The van der Waals surface area contributed by atoms with E-state index in [4.69, 9.17) is 4.74 Å². The minimum absolute atomic E-state index is 0.135. The third kappa shape index (κ3) is 6.15. The lowest BCUT2D eigenvalue weighted by Crippen LogP contribution is -2.33. The molecule has 0 bridgehead atoms. The van der Waals surface area contributed by atoms with Crippen molar-refractivity contribution in [1.82, 2.24) is 0 Å². The molecule has 1 unspecified atom stereocenters. The normalized spacial score (nSPS) is 12.6. The lowest BCUT2D eigenvalue weighted by Gasteiger charge is -2.20. The van der Waals surface area contributed by atoms with Crippen LogP contribution in [-0.4, -0.2) is 24.2 Å². The molecule has 0 saturated heterocycles. The van der Waals surface area contributed by atoms with Gasteiger partial charge in [0, 0.05) is 13.8 Å². The molecule has 0 aliphatic carbocycles. The van der Waals surface area contributed by atoms with Crippen molar-refractivity contribution in [3.63, 3.8) is 0 Å². The van der Waals surface area contributed by atoms with Gasteiger partial charge in [-0.1, -0.05) is 18.2 Å². The second-order valence-electron chi connectivity index (χ2n) is 4.73. The van der Waals surface area contributed by atoms with Gasteiger partial charge in [-0.2, -0.15) is 13.2 Å². The van der Waals surface area contributed by atoms with Crippen LogP contribution in [-0.2, 0) is 20.7 Å². The van der Waals surface area contributed by atoms with E-state index >= 15 is 0 Å². The average molecular weight is 318 g/mol. The van der Waals surface area contributed by atoms with E-state index in [0.29, 0.717) is 11.3 Å². The van der Waals surface area contributed by atoms with Gasteiger partial charge in [0.2, 0.25) is 0 Å². The number of benzene rings is 1. The van der Waals surface area contributed by atoms with Crippen molar-refractivity contribution in [2.24, 2.45) is 0 Å². The molecule has 0 aromatic heterocycles. The highest BCUT2D eigenvalue weighted by molar-refractivity contribution is 5.69. The summed E-state index contributed by atoms with van der Waals surface area (Å²) in [7, 11) is 0. The first kappa shape index (κ1) is 18.0. The van der Waals surface area contributed by atoms with E-state index in [1.54, 1.807) is 24.3 Å². The van der Waals surface area contributed by atoms with Crippen molar-refractivity contribution >= 4 is 11.9 Å². The number of aryl methyl sites for hydroxylation is 1. The molecule has 0 heterocycles. The van der Waals surface area contributed by atoms with Crippen molar-refractivity contribution in [1.29, 1.82) is 0 Å². The summed E-state index contributed by atoms with van der Waals surface area (Å²) in [6.45, 7) is 2.19. The number of para-hydroxylation sites is 1. The van der Waals surface area contributed by atoms with Crippen LogP contribution in [0, 0.1) is 0 Å². The van der Waals surface area contributed by atoms with Crippen LogP contribution < -0.4 is 4.74 Å². The molecule has 7 heteroatoms. The average Bonchev–Trinajstić information content (AvgIpc) is 2.37. The molecule has 0 aliphatic heterocycles. The van der Waals surface area contributed by atoms with Crippen molar-refractivity contribution in [2.75, 3.05) is 0 Å². The van der Waals surface area contributed by atoms with Crippen LogP contribution in [0.25, 0.3) is 0 Å². The predicted octanol–water partition coefficient (Wildman–Crippen LogP) is 3.43. The Morgan fingerprint density at radius 3 is 2.32 bits per heavy atom. The Kier molecular flexibility index (Phi) is 6.39. The van der Waals surface area contributed by atoms with E-state index in [1.807, 2.05) is 0 Å². The van der Waals surface area contributed by atoms with Gasteiger partial charge in [0.25, 0.3) is 0 Å². The lowest BCUT2D eigenvalue weighted by molar-refractivity contribution is -0.221. The number of alkyl halides is 3. The fraction of sp³-hybridized carbons (Fsp3) is 0.467. The molecule has 1 atom stereocenters. The number of rotatable bonds is 6. The third-order valence-corrected chi connectivity index (χ3v) is 2.81.